The highest BCUT2D eigenvalue weighted by atomic mass is 16.5. The highest BCUT2D eigenvalue weighted by molar-refractivity contribution is 5.00. The first-order valence-electron chi connectivity index (χ1n) is 6.87. The van der Waals surface area contributed by atoms with Crippen LogP contribution in [0.15, 0.2) is 12.4 Å². The second kappa shape index (κ2) is 6.31. The van der Waals surface area contributed by atoms with E-state index in [1.54, 1.807) is 0 Å². The van der Waals surface area contributed by atoms with E-state index < -0.39 is 0 Å². The molecule has 102 valence electrons. The quantitative estimate of drug-likeness (QED) is 0.571. The van der Waals surface area contributed by atoms with Crippen LogP contribution in [0.25, 0.3) is 0 Å². The normalized spacial score (nSPS) is 24.8. The van der Waals surface area contributed by atoms with Crippen LogP contribution in [0.3, 0.4) is 0 Å². The predicted octanol–water partition coefficient (Wildman–Crippen LogP) is 1.61. The summed E-state index contributed by atoms with van der Waals surface area (Å²) in [5.74, 6) is 7.41. The number of hydrazine groups is 1. The van der Waals surface area contributed by atoms with Gasteiger partial charge in [-0.2, -0.15) is 0 Å². The Labute approximate surface area is 109 Å². The molecule has 1 unspecified atom stereocenters. The van der Waals surface area contributed by atoms with E-state index in [2.05, 4.69) is 28.8 Å². The van der Waals surface area contributed by atoms with Crippen molar-refractivity contribution in [3.05, 3.63) is 18.2 Å². The average Bonchev–Trinajstić information content (AvgIpc) is 2.80. The molecule has 1 fully saturated rings. The fourth-order valence-electron chi connectivity index (χ4n) is 2.72. The van der Waals surface area contributed by atoms with E-state index in [1.165, 1.54) is 0 Å². The van der Waals surface area contributed by atoms with Gasteiger partial charge in [0, 0.05) is 25.5 Å². The third-order valence-electron chi connectivity index (χ3n) is 3.77. The summed E-state index contributed by atoms with van der Waals surface area (Å²) in [6.45, 7) is 5.92. The first-order valence-corrected chi connectivity index (χ1v) is 6.87. The Kier molecular flexibility index (Phi) is 4.74. The van der Waals surface area contributed by atoms with Gasteiger partial charge in [0.25, 0.3) is 0 Å². The first-order chi connectivity index (χ1) is 8.78. The zero-order valence-corrected chi connectivity index (χ0v) is 11.3. The minimum Gasteiger partial charge on any atom is -0.378 e. The van der Waals surface area contributed by atoms with Crippen molar-refractivity contribution in [1.29, 1.82) is 0 Å². The van der Waals surface area contributed by atoms with Crippen molar-refractivity contribution in [3.63, 3.8) is 0 Å². The van der Waals surface area contributed by atoms with Crippen LogP contribution in [0.4, 0.5) is 0 Å². The van der Waals surface area contributed by atoms with Gasteiger partial charge < -0.3 is 9.30 Å². The molecule has 1 aliphatic rings. The molecule has 1 heterocycles. The number of aryl methyl sites for hydroxylation is 1. The molecule has 1 aromatic rings. The lowest BCUT2D eigenvalue weighted by atomic mass is 9.78. The molecule has 1 aromatic heterocycles. The minimum atomic E-state index is 0.146. The van der Waals surface area contributed by atoms with Crippen molar-refractivity contribution in [2.75, 3.05) is 6.61 Å². The lowest BCUT2D eigenvalue weighted by Crippen LogP contribution is -2.37. The predicted molar refractivity (Wildman–Crippen MR) is 70.7 cm³/mol. The topological polar surface area (TPSA) is 65.1 Å². The van der Waals surface area contributed by atoms with Gasteiger partial charge in [-0.25, -0.2) is 10.4 Å². The first kappa shape index (κ1) is 13.5. The molecular formula is C13H24N4O. The second-order valence-corrected chi connectivity index (χ2v) is 4.94. The minimum absolute atomic E-state index is 0.146. The summed E-state index contributed by atoms with van der Waals surface area (Å²) in [6, 6.07) is 0.146. The monoisotopic (exact) mass is 252 g/mol. The zero-order valence-electron chi connectivity index (χ0n) is 11.3. The number of hydrogen-bond acceptors (Lipinski definition) is 4. The van der Waals surface area contributed by atoms with Gasteiger partial charge in [-0.15, -0.1) is 0 Å². The SMILES string of the molecule is CCOC1CC(CC(NN)c2nccn2CC)C1. The summed E-state index contributed by atoms with van der Waals surface area (Å²) in [4.78, 5) is 4.41. The summed E-state index contributed by atoms with van der Waals surface area (Å²) in [6.07, 6.45) is 7.65. The molecule has 3 N–H and O–H groups in total. The molecule has 0 saturated heterocycles. The summed E-state index contributed by atoms with van der Waals surface area (Å²) in [5, 5.41) is 0. The zero-order chi connectivity index (χ0) is 13.0. The Morgan fingerprint density at radius 1 is 1.56 bits per heavy atom. The Morgan fingerprint density at radius 3 is 2.94 bits per heavy atom. The van der Waals surface area contributed by atoms with Crippen LogP contribution in [-0.2, 0) is 11.3 Å². The number of aromatic nitrogens is 2. The summed E-state index contributed by atoms with van der Waals surface area (Å²) < 4.78 is 7.73. The Hall–Kier alpha value is -0.910. The van der Waals surface area contributed by atoms with Gasteiger partial charge in [0.05, 0.1) is 12.1 Å². The molecule has 5 heteroatoms. The third-order valence-corrected chi connectivity index (χ3v) is 3.77. The summed E-state index contributed by atoms with van der Waals surface area (Å²) >= 11 is 0. The molecule has 5 nitrogen and oxygen atoms in total. The molecule has 2 rings (SSSR count). The lowest BCUT2D eigenvalue weighted by Gasteiger charge is -2.36. The van der Waals surface area contributed by atoms with Crippen molar-refractivity contribution in [1.82, 2.24) is 15.0 Å². The van der Waals surface area contributed by atoms with E-state index >= 15 is 0 Å². The van der Waals surface area contributed by atoms with Gasteiger partial charge in [0.2, 0.25) is 0 Å². The van der Waals surface area contributed by atoms with Crippen molar-refractivity contribution >= 4 is 0 Å². The Morgan fingerprint density at radius 2 is 2.33 bits per heavy atom. The van der Waals surface area contributed by atoms with Crippen LogP contribution in [0.1, 0.15) is 45.0 Å². The molecule has 1 saturated carbocycles. The summed E-state index contributed by atoms with van der Waals surface area (Å²) in [7, 11) is 0. The van der Waals surface area contributed by atoms with Crippen LogP contribution >= 0.6 is 0 Å². The van der Waals surface area contributed by atoms with E-state index in [1.807, 2.05) is 12.4 Å². The number of rotatable bonds is 7. The van der Waals surface area contributed by atoms with Gasteiger partial charge in [0.1, 0.15) is 5.82 Å². The molecule has 0 amide bonds. The number of imidazole rings is 1. The smallest absolute Gasteiger partial charge is 0.127 e. The van der Waals surface area contributed by atoms with Gasteiger partial charge in [-0.05, 0) is 39.0 Å². The Bertz CT molecular complexity index is 360. The van der Waals surface area contributed by atoms with Crippen LogP contribution in [-0.4, -0.2) is 22.3 Å². The molecule has 0 bridgehead atoms. The van der Waals surface area contributed by atoms with Crippen LogP contribution < -0.4 is 11.3 Å². The van der Waals surface area contributed by atoms with Gasteiger partial charge in [0.15, 0.2) is 0 Å². The van der Waals surface area contributed by atoms with Crippen molar-refractivity contribution in [3.8, 4) is 0 Å². The number of ether oxygens (including phenoxy) is 1. The highest BCUT2D eigenvalue weighted by Gasteiger charge is 2.32. The van der Waals surface area contributed by atoms with Crippen molar-refractivity contribution in [2.45, 2.75) is 51.8 Å². The Balaban J connectivity index is 1.87. The van der Waals surface area contributed by atoms with Crippen molar-refractivity contribution < 1.29 is 4.74 Å². The highest BCUT2D eigenvalue weighted by Crippen LogP contribution is 2.36. The maximum atomic E-state index is 5.67. The summed E-state index contributed by atoms with van der Waals surface area (Å²) in [5.41, 5.74) is 2.90. The third kappa shape index (κ3) is 2.91. The molecule has 0 aromatic carbocycles. The van der Waals surface area contributed by atoms with Gasteiger partial charge in [-0.3, -0.25) is 5.84 Å². The van der Waals surface area contributed by atoms with Gasteiger partial charge in [-0.1, -0.05) is 0 Å². The van der Waals surface area contributed by atoms with E-state index in [0.717, 1.165) is 38.2 Å². The fourth-order valence-corrected chi connectivity index (χ4v) is 2.72. The van der Waals surface area contributed by atoms with Crippen LogP contribution in [0, 0.1) is 5.92 Å². The molecule has 1 atom stereocenters. The largest absolute Gasteiger partial charge is 0.378 e. The number of nitrogens with one attached hydrogen (secondary N) is 1. The van der Waals surface area contributed by atoms with Crippen LogP contribution in [0.5, 0.6) is 0 Å². The molecule has 18 heavy (non-hydrogen) atoms. The molecule has 1 aliphatic carbocycles. The standard InChI is InChI=1S/C13H24N4O/c1-3-17-6-5-15-13(17)12(16-14)9-10-7-11(8-10)18-4-2/h5-6,10-12,16H,3-4,7-9,14H2,1-2H3. The second-order valence-electron chi connectivity index (χ2n) is 4.94. The van der Waals surface area contributed by atoms with Crippen LogP contribution in [0.2, 0.25) is 0 Å². The van der Waals surface area contributed by atoms with Gasteiger partial charge >= 0.3 is 0 Å². The maximum Gasteiger partial charge on any atom is 0.127 e. The lowest BCUT2D eigenvalue weighted by molar-refractivity contribution is -0.0294. The molecule has 0 aliphatic heterocycles. The van der Waals surface area contributed by atoms with E-state index in [4.69, 9.17) is 10.6 Å². The average molecular weight is 252 g/mol. The number of nitrogens with zero attached hydrogens (tertiary/aromatic N) is 2. The molecule has 0 radical (unpaired) electrons. The van der Waals surface area contributed by atoms with E-state index in [0.29, 0.717) is 12.0 Å². The fraction of sp³-hybridized carbons (Fsp3) is 0.769. The van der Waals surface area contributed by atoms with E-state index in [-0.39, 0.29) is 6.04 Å². The number of hydrogen-bond donors (Lipinski definition) is 2. The molecular weight excluding hydrogens is 228 g/mol. The maximum absolute atomic E-state index is 5.67. The van der Waals surface area contributed by atoms with E-state index in [9.17, 15) is 0 Å². The number of nitrogens with two attached hydrogens (primary N) is 1. The van der Waals surface area contributed by atoms with Crippen molar-refractivity contribution in [2.24, 2.45) is 11.8 Å². The molecule has 0 spiro atoms.